The lowest BCUT2D eigenvalue weighted by molar-refractivity contribution is 1.29. The van der Waals surface area contributed by atoms with Crippen LogP contribution in [0.5, 0.6) is 0 Å². The first-order valence-corrected chi connectivity index (χ1v) is 7.86. The summed E-state index contributed by atoms with van der Waals surface area (Å²) in [4.78, 5) is 5.77. The molecule has 2 nitrogen and oxygen atoms in total. The molecular weight excluding hydrogens is 272 g/mol. The van der Waals surface area contributed by atoms with Crippen molar-refractivity contribution in [1.29, 1.82) is 0 Å². The van der Waals surface area contributed by atoms with Gasteiger partial charge in [0.25, 0.3) is 0 Å². The largest absolute Gasteiger partial charge is 0.398 e. The summed E-state index contributed by atoms with van der Waals surface area (Å²) in [6.45, 7) is 2.08. The number of hydrogen-bond acceptors (Lipinski definition) is 4. The number of thioether (sulfide) groups is 1. The quantitative estimate of drug-likeness (QED) is 0.570. The molecule has 3 aromatic rings. The van der Waals surface area contributed by atoms with Gasteiger partial charge in [0.2, 0.25) is 0 Å². The summed E-state index contributed by atoms with van der Waals surface area (Å²) in [6, 6.07) is 14.4. The summed E-state index contributed by atoms with van der Waals surface area (Å²) in [6.07, 6.45) is 0. The molecule has 0 saturated heterocycles. The summed E-state index contributed by atoms with van der Waals surface area (Å²) in [5.74, 6) is 0.868. The topological polar surface area (TPSA) is 38.9 Å². The highest BCUT2D eigenvalue weighted by atomic mass is 32.2. The Balaban J connectivity index is 1.80. The lowest BCUT2D eigenvalue weighted by atomic mass is 10.2. The molecule has 1 heterocycles. The Bertz CT molecular complexity index is 686. The maximum Gasteiger partial charge on any atom is 0.104 e. The number of benzene rings is 2. The minimum atomic E-state index is 0.844. The number of nitrogens with two attached hydrogens (primary N) is 1. The Morgan fingerprint density at radius 3 is 2.89 bits per heavy atom. The lowest BCUT2D eigenvalue weighted by Crippen LogP contribution is -1.89. The second kappa shape index (κ2) is 5.23. The molecule has 0 saturated carbocycles. The van der Waals surface area contributed by atoms with Crippen LogP contribution < -0.4 is 5.73 Å². The van der Waals surface area contributed by atoms with Gasteiger partial charge in [-0.25, -0.2) is 4.98 Å². The minimum Gasteiger partial charge on any atom is -0.398 e. The highest BCUT2D eigenvalue weighted by Gasteiger charge is 2.06. The molecule has 0 bridgehead atoms. The zero-order valence-electron chi connectivity index (χ0n) is 10.6. The Morgan fingerprint density at radius 1 is 1.21 bits per heavy atom. The van der Waals surface area contributed by atoms with Gasteiger partial charge in [-0.15, -0.1) is 23.1 Å². The number of para-hydroxylation sites is 1. The molecule has 0 amide bonds. The van der Waals surface area contributed by atoms with E-state index in [0.717, 1.165) is 26.9 Å². The number of nitrogen functional groups attached to an aromatic ring is 1. The van der Waals surface area contributed by atoms with Crippen LogP contribution in [0.25, 0.3) is 10.2 Å². The number of aryl methyl sites for hydroxylation is 1. The Morgan fingerprint density at radius 2 is 2.05 bits per heavy atom. The van der Waals surface area contributed by atoms with Gasteiger partial charge < -0.3 is 5.73 Å². The van der Waals surface area contributed by atoms with Gasteiger partial charge in [-0.1, -0.05) is 18.2 Å². The van der Waals surface area contributed by atoms with Crippen LogP contribution in [0, 0.1) is 6.92 Å². The number of fused-ring (bicyclic) bond motifs is 1. The summed E-state index contributed by atoms with van der Waals surface area (Å²) in [5, 5.41) is 1.15. The molecule has 2 N–H and O–H groups in total. The molecule has 3 rings (SSSR count). The van der Waals surface area contributed by atoms with E-state index in [-0.39, 0.29) is 0 Å². The van der Waals surface area contributed by atoms with Crippen LogP contribution in [-0.4, -0.2) is 4.98 Å². The first-order valence-electron chi connectivity index (χ1n) is 6.06. The van der Waals surface area contributed by atoms with Gasteiger partial charge in [0.05, 0.1) is 16.0 Å². The van der Waals surface area contributed by atoms with Crippen molar-refractivity contribution in [3.05, 3.63) is 53.0 Å². The number of anilines is 1. The van der Waals surface area contributed by atoms with Crippen LogP contribution in [0.3, 0.4) is 0 Å². The second-order valence-corrected chi connectivity index (χ2v) is 6.54. The van der Waals surface area contributed by atoms with E-state index < -0.39 is 0 Å². The van der Waals surface area contributed by atoms with E-state index in [0.29, 0.717) is 0 Å². The average molecular weight is 286 g/mol. The molecule has 0 atom stereocenters. The van der Waals surface area contributed by atoms with Gasteiger partial charge >= 0.3 is 0 Å². The maximum atomic E-state index is 5.99. The minimum absolute atomic E-state index is 0.844. The van der Waals surface area contributed by atoms with Crippen LogP contribution >= 0.6 is 23.1 Å². The third kappa shape index (κ3) is 2.74. The molecule has 2 aromatic carbocycles. The first-order chi connectivity index (χ1) is 9.22. The highest BCUT2D eigenvalue weighted by molar-refractivity contribution is 7.98. The molecule has 0 aliphatic heterocycles. The zero-order valence-corrected chi connectivity index (χ0v) is 12.2. The van der Waals surface area contributed by atoms with E-state index in [1.807, 2.05) is 18.2 Å². The number of thiazole rings is 1. The third-order valence-corrected chi connectivity index (χ3v) is 5.16. The van der Waals surface area contributed by atoms with Crippen LogP contribution in [0.4, 0.5) is 5.69 Å². The predicted octanol–water partition coefficient (Wildman–Crippen LogP) is 4.48. The Labute approximate surface area is 120 Å². The van der Waals surface area contributed by atoms with Gasteiger partial charge in [0, 0.05) is 10.6 Å². The Hall–Kier alpha value is -1.52. The second-order valence-electron chi connectivity index (χ2n) is 4.41. The molecule has 0 fully saturated rings. The van der Waals surface area contributed by atoms with E-state index >= 15 is 0 Å². The predicted molar refractivity (Wildman–Crippen MR) is 84.8 cm³/mol. The third-order valence-electron chi connectivity index (χ3n) is 2.86. The van der Waals surface area contributed by atoms with Crippen molar-refractivity contribution in [2.45, 2.75) is 17.6 Å². The molecule has 4 heteroatoms. The molecule has 0 aliphatic rings. The van der Waals surface area contributed by atoms with Crippen molar-refractivity contribution in [2.75, 3.05) is 5.73 Å². The van der Waals surface area contributed by atoms with E-state index in [1.54, 1.807) is 23.1 Å². The van der Waals surface area contributed by atoms with Gasteiger partial charge in [0.15, 0.2) is 0 Å². The van der Waals surface area contributed by atoms with E-state index in [1.165, 1.54) is 10.3 Å². The van der Waals surface area contributed by atoms with Crippen LogP contribution in [0.1, 0.15) is 10.6 Å². The highest BCUT2D eigenvalue weighted by Crippen LogP contribution is 2.31. The van der Waals surface area contributed by atoms with Crippen LogP contribution in [-0.2, 0) is 5.75 Å². The van der Waals surface area contributed by atoms with Crippen LogP contribution in [0.2, 0.25) is 0 Å². The normalized spacial score (nSPS) is 11.0. The molecule has 0 aliphatic carbocycles. The number of rotatable bonds is 3. The summed E-state index contributed by atoms with van der Waals surface area (Å²) >= 11 is 3.51. The van der Waals surface area contributed by atoms with Crippen LogP contribution in [0.15, 0.2) is 47.4 Å². The summed E-state index contributed by atoms with van der Waals surface area (Å²) < 4.78 is 1.25. The summed E-state index contributed by atoms with van der Waals surface area (Å²) in [7, 11) is 0. The average Bonchev–Trinajstić information content (AvgIpc) is 2.82. The van der Waals surface area contributed by atoms with Gasteiger partial charge in [0.1, 0.15) is 5.01 Å². The number of aromatic nitrogens is 1. The van der Waals surface area contributed by atoms with E-state index in [2.05, 4.69) is 36.2 Å². The van der Waals surface area contributed by atoms with Gasteiger partial charge in [-0.3, -0.25) is 0 Å². The first kappa shape index (κ1) is 12.5. The van der Waals surface area contributed by atoms with E-state index in [4.69, 9.17) is 5.73 Å². The molecule has 1 aromatic heterocycles. The zero-order chi connectivity index (χ0) is 13.2. The number of nitrogens with zero attached hydrogens (tertiary/aromatic N) is 1. The van der Waals surface area contributed by atoms with E-state index in [9.17, 15) is 0 Å². The standard InChI is InChI=1S/C15H14N2S2/c1-10-6-7-11(16)14(8-10)18-9-15-17-12-4-2-3-5-13(12)19-15/h2-8H,9,16H2,1H3. The molecule has 0 unspecified atom stereocenters. The maximum absolute atomic E-state index is 5.99. The SMILES string of the molecule is Cc1ccc(N)c(SCc2nc3ccccc3s2)c1. The van der Waals surface area contributed by atoms with Crippen molar-refractivity contribution < 1.29 is 0 Å². The van der Waals surface area contributed by atoms with Crippen molar-refractivity contribution in [2.24, 2.45) is 0 Å². The van der Waals surface area contributed by atoms with Gasteiger partial charge in [-0.05, 0) is 36.8 Å². The molecule has 19 heavy (non-hydrogen) atoms. The van der Waals surface area contributed by atoms with Crippen molar-refractivity contribution in [1.82, 2.24) is 4.98 Å². The Kier molecular flexibility index (Phi) is 3.44. The summed E-state index contributed by atoms with van der Waals surface area (Å²) in [5.41, 5.74) is 9.16. The molecule has 96 valence electrons. The monoisotopic (exact) mass is 286 g/mol. The fourth-order valence-electron chi connectivity index (χ4n) is 1.89. The van der Waals surface area contributed by atoms with Gasteiger partial charge in [-0.2, -0.15) is 0 Å². The molecule has 0 radical (unpaired) electrons. The molecular formula is C15H14N2S2. The fraction of sp³-hybridized carbons (Fsp3) is 0.133. The smallest absolute Gasteiger partial charge is 0.104 e. The fourth-order valence-corrected chi connectivity index (χ4v) is 3.91. The van der Waals surface area contributed by atoms with Crippen molar-refractivity contribution >= 4 is 39.0 Å². The lowest BCUT2D eigenvalue weighted by Gasteiger charge is -2.04. The van der Waals surface area contributed by atoms with Crippen molar-refractivity contribution in [3.8, 4) is 0 Å². The van der Waals surface area contributed by atoms with Crippen molar-refractivity contribution in [3.63, 3.8) is 0 Å². The molecule has 0 spiro atoms. The number of hydrogen-bond donors (Lipinski definition) is 1.